The third-order valence-electron chi connectivity index (χ3n) is 3.71. The summed E-state index contributed by atoms with van der Waals surface area (Å²) in [6.07, 6.45) is 0. The van der Waals surface area contributed by atoms with Crippen molar-refractivity contribution in [1.82, 2.24) is 16.0 Å². The highest BCUT2D eigenvalue weighted by molar-refractivity contribution is 5.99. The SMILES string of the molecule is CCN[C@H](C)CNC(=O)c1ccc(OC)c(N2CCNC2=O)c1.Cl. The zero-order valence-electron chi connectivity index (χ0n) is 14.2. The first-order chi connectivity index (χ1) is 11.1. The number of nitrogens with one attached hydrogen (secondary N) is 3. The van der Waals surface area contributed by atoms with Gasteiger partial charge in [0, 0.05) is 31.2 Å². The third-order valence-corrected chi connectivity index (χ3v) is 3.71. The van der Waals surface area contributed by atoms with Gasteiger partial charge in [0.15, 0.2) is 0 Å². The Morgan fingerprint density at radius 1 is 1.46 bits per heavy atom. The summed E-state index contributed by atoms with van der Waals surface area (Å²) < 4.78 is 5.31. The second kappa shape index (κ2) is 9.34. The van der Waals surface area contributed by atoms with Crippen LogP contribution in [0.25, 0.3) is 0 Å². The van der Waals surface area contributed by atoms with Gasteiger partial charge in [0.2, 0.25) is 0 Å². The van der Waals surface area contributed by atoms with Gasteiger partial charge in [-0.25, -0.2) is 4.79 Å². The summed E-state index contributed by atoms with van der Waals surface area (Å²) >= 11 is 0. The second-order valence-corrected chi connectivity index (χ2v) is 5.44. The maximum atomic E-state index is 12.3. The van der Waals surface area contributed by atoms with Crippen LogP contribution in [0, 0.1) is 0 Å². The van der Waals surface area contributed by atoms with E-state index in [2.05, 4.69) is 16.0 Å². The van der Waals surface area contributed by atoms with E-state index in [0.717, 1.165) is 6.54 Å². The number of halogens is 1. The van der Waals surface area contributed by atoms with E-state index >= 15 is 0 Å². The maximum Gasteiger partial charge on any atom is 0.322 e. The van der Waals surface area contributed by atoms with Gasteiger partial charge in [0.05, 0.1) is 12.8 Å². The van der Waals surface area contributed by atoms with E-state index < -0.39 is 0 Å². The lowest BCUT2D eigenvalue weighted by molar-refractivity contribution is 0.0950. The molecule has 8 heteroatoms. The summed E-state index contributed by atoms with van der Waals surface area (Å²) in [4.78, 5) is 25.7. The fraction of sp³-hybridized carbons (Fsp3) is 0.500. The van der Waals surface area contributed by atoms with Gasteiger partial charge in [-0.2, -0.15) is 0 Å². The van der Waals surface area contributed by atoms with Crippen molar-refractivity contribution in [2.24, 2.45) is 0 Å². The van der Waals surface area contributed by atoms with Gasteiger partial charge in [0.25, 0.3) is 5.91 Å². The monoisotopic (exact) mass is 356 g/mol. The van der Waals surface area contributed by atoms with E-state index in [1.165, 1.54) is 0 Å². The van der Waals surface area contributed by atoms with Crippen LogP contribution in [0.2, 0.25) is 0 Å². The van der Waals surface area contributed by atoms with Crippen molar-refractivity contribution >= 4 is 30.0 Å². The number of likely N-dealkylation sites (N-methyl/N-ethyl adjacent to an activating group) is 1. The van der Waals surface area contributed by atoms with E-state index in [1.54, 1.807) is 30.2 Å². The van der Waals surface area contributed by atoms with Crippen molar-refractivity contribution in [2.75, 3.05) is 38.2 Å². The third kappa shape index (κ3) is 4.75. The molecule has 7 nitrogen and oxygen atoms in total. The predicted molar refractivity (Wildman–Crippen MR) is 96.5 cm³/mol. The Hall–Kier alpha value is -1.99. The van der Waals surface area contributed by atoms with E-state index in [9.17, 15) is 9.59 Å². The van der Waals surface area contributed by atoms with Gasteiger partial charge in [-0.3, -0.25) is 9.69 Å². The van der Waals surface area contributed by atoms with Crippen LogP contribution < -0.4 is 25.6 Å². The van der Waals surface area contributed by atoms with Gasteiger partial charge in [-0.1, -0.05) is 6.92 Å². The number of anilines is 1. The molecule has 3 amide bonds. The number of nitrogens with zero attached hydrogens (tertiary/aromatic N) is 1. The Balaban J connectivity index is 0.00000288. The summed E-state index contributed by atoms with van der Waals surface area (Å²) in [6, 6.07) is 5.12. The Morgan fingerprint density at radius 2 is 2.21 bits per heavy atom. The lowest BCUT2D eigenvalue weighted by Crippen LogP contribution is -2.38. The van der Waals surface area contributed by atoms with Crippen molar-refractivity contribution in [3.8, 4) is 5.75 Å². The molecule has 1 aromatic rings. The molecule has 1 aliphatic heterocycles. The Morgan fingerprint density at radius 3 is 2.79 bits per heavy atom. The summed E-state index contributed by atoms with van der Waals surface area (Å²) in [5.74, 6) is 0.401. The minimum absolute atomic E-state index is 0. The predicted octanol–water partition coefficient (Wildman–Crippen LogP) is 1.37. The van der Waals surface area contributed by atoms with Crippen LogP contribution in [0.4, 0.5) is 10.5 Å². The lowest BCUT2D eigenvalue weighted by atomic mass is 10.1. The second-order valence-electron chi connectivity index (χ2n) is 5.44. The number of hydrogen-bond acceptors (Lipinski definition) is 4. The molecule has 134 valence electrons. The molecular formula is C16H25ClN4O3. The normalized spacial score (nSPS) is 14.6. The molecule has 1 aromatic carbocycles. The number of amides is 3. The average molecular weight is 357 g/mol. The van der Waals surface area contributed by atoms with Crippen LogP contribution in [0.15, 0.2) is 18.2 Å². The molecular weight excluding hydrogens is 332 g/mol. The fourth-order valence-corrected chi connectivity index (χ4v) is 2.51. The zero-order valence-corrected chi connectivity index (χ0v) is 15.0. The fourth-order valence-electron chi connectivity index (χ4n) is 2.51. The van der Waals surface area contributed by atoms with Crippen LogP contribution >= 0.6 is 12.4 Å². The van der Waals surface area contributed by atoms with E-state index in [1.807, 2.05) is 13.8 Å². The molecule has 1 fully saturated rings. The Bertz CT molecular complexity index is 582. The standard InChI is InChI=1S/C16H24N4O3.ClH/c1-4-17-11(2)10-19-15(21)12-5-6-14(23-3)13(9-12)20-8-7-18-16(20)22;/h5-6,9,11,17H,4,7-8,10H2,1-3H3,(H,18,22)(H,19,21);1H/t11-;/m1./s1. The smallest absolute Gasteiger partial charge is 0.322 e. The number of rotatable bonds is 7. The molecule has 0 aromatic heterocycles. The quantitative estimate of drug-likeness (QED) is 0.689. The molecule has 0 saturated carbocycles. The molecule has 24 heavy (non-hydrogen) atoms. The van der Waals surface area contributed by atoms with Gasteiger partial charge in [0.1, 0.15) is 5.75 Å². The van der Waals surface area contributed by atoms with Crippen molar-refractivity contribution in [2.45, 2.75) is 19.9 Å². The minimum Gasteiger partial charge on any atom is -0.495 e. The molecule has 0 spiro atoms. The summed E-state index contributed by atoms with van der Waals surface area (Å²) in [5, 5.41) is 8.87. The van der Waals surface area contributed by atoms with Crippen molar-refractivity contribution in [3.05, 3.63) is 23.8 Å². The summed E-state index contributed by atoms with van der Waals surface area (Å²) in [5.41, 5.74) is 1.11. The molecule has 1 heterocycles. The molecule has 1 aliphatic rings. The largest absolute Gasteiger partial charge is 0.495 e. The first kappa shape index (κ1) is 20.1. The van der Waals surface area contributed by atoms with E-state index in [-0.39, 0.29) is 30.4 Å². The molecule has 3 N–H and O–H groups in total. The number of carbonyl (C=O) groups excluding carboxylic acids is 2. The molecule has 0 radical (unpaired) electrons. The highest BCUT2D eigenvalue weighted by atomic mass is 35.5. The number of methoxy groups -OCH3 is 1. The van der Waals surface area contributed by atoms with Crippen molar-refractivity contribution in [3.63, 3.8) is 0 Å². The molecule has 1 atom stereocenters. The number of benzene rings is 1. The highest BCUT2D eigenvalue weighted by Crippen LogP contribution is 2.30. The van der Waals surface area contributed by atoms with Gasteiger partial charge < -0.3 is 20.7 Å². The Labute approximate surface area is 148 Å². The number of urea groups is 1. The summed E-state index contributed by atoms with van der Waals surface area (Å²) in [7, 11) is 1.55. The van der Waals surface area contributed by atoms with Crippen molar-refractivity contribution in [1.29, 1.82) is 0 Å². The Kier molecular flexibility index (Phi) is 7.81. The van der Waals surface area contributed by atoms with Crippen LogP contribution in [-0.2, 0) is 0 Å². The first-order valence-corrected chi connectivity index (χ1v) is 7.81. The summed E-state index contributed by atoms with van der Waals surface area (Å²) in [6.45, 7) is 6.56. The van der Waals surface area contributed by atoms with Crippen LogP contribution in [0.5, 0.6) is 5.75 Å². The van der Waals surface area contributed by atoms with Crippen LogP contribution in [-0.4, -0.2) is 51.3 Å². The van der Waals surface area contributed by atoms with E-state index in [0.29, 0.717) is 36.6 Å². The number of hydrogen-bond donors (Lipinski definition) is 3. The molecule has 2 rings (SSSR count). The molecule has 1 saturated heterocycles. The molecule has 0 unspecified atom stereocenters. The van der Waals surface area contributed by atoms with Crippen molar-refractivity contribution < 1.29 is 14.3 Å². The van der Waals surface area contributed by atoms with Crippen LogP contribution in [0.1, 0.15) is 24.2 Å². The average Bonchev–Trinajstić information content (AvgIpc) is 2.98. The zero-order chi connectivity index (χ0) is 16.8. The van der Waals surface area contributed by atoms with Gasteiger partial charge >= 0.3 is 6.03 Å². The lowest BCUT2D eigenvalue weighted by Gasteiger charge is -2.19. The molecule has 0 aliphatic carbocycles. The van der Waals surface area contributed by atoms with E-state index in [4.69, 9.17) is 4.74 Å². The number of ether oxygens (including phenoxy) is 1. The topological polar surface area (TPSA) is 82.7 Å². The highest BCUT2D eigenvalue weighted by Gasteiger charge is 2.25. The maximum absolute atomic E-state index is 12.3. The molecule has 0 bridgehead atoms. The number of carbonyl (C=O) groups is 2. The van der Waals surface area contributed by atoms with Gasteiger partial charge in [-0.05, 0) is 31.7 Å². The first-order valence-electron chi connectivity index (χ1n) is 7.81. The minimum atomic E-state index is -0.179. The van der Waals surface area contributed by atoms with Gasteiger partial charge in [-0.15, -0.1) is 12.4 Å². The van der Waals surface area contributed by atoms with Crippen LogP contribution in [0.3, 0.4) is 0 Å².